The normalized spacial score (nSPS) is 28.0. The summed E-state index contributed by atoms with van der Waals surface area (Å²) in [5.74, 6) is -1.69. The van der Waals surface area contributed by atoms with E-state index in [1.165, 1.54) is 0 Å². The fourth-order valence-electron chi connectivity index (χ4n) is 7.01. The van der Waals surface area contributed by atoms with E-state index in [0.717, 1.165) is 5.56 Å². The first-order chi connectivity index (χ1) is 20.4. The number of likely N-dealkylation sites (tertiary alicyclic amines) is 1. The van der Waals surface area contributed by atoms with Gasteiger partial charge < -0.3 is 4.74 Å². The van der Waals surface area contributed by atoms with Crippen LogP contribution < -0.4 is 5.32 Å². The molecule has 3 aliphatic heterocycles. The molecule has 3 atom stereocenters. The third-order valence-electron chi connectivity index (χ3n) is 9.62. The van der Waals surface area contributed by atoms with Crippen LogP contribution in [0.15, 0.2) is 48.7 Å². The van der Waals surface area contributed by atoms with E-state index < -0.39 is 40.4 Å². The summed E-state index contributed by atoms with van der Waals surface area (Å²) in [5, 5.41) is 2.65. The van der Waals surface area contributed by atoms with Gasteiger partial charge in [-0.05, 0) is 61.4 Å². The number of benzene rings is 2. The maximum atomic E-state index is 16.1. The van der Waals surface area contributed by atoms with E-state index in [2.05, 4.69) is 15.2 Å². The van der Waals surface area contributed by atoms with Crippen LogP contribution in [0.5, 0.6) is 0 Å². The van der Waals surface area contributed by atoms with E-state index in [1.54, 1.807) is 48.7 Å². The van der Waals surface area contributed by atoms with Crippen molar-refractivity contribution in [3.05, 3.63) is 76.7 Å². The summed E-state index contributed by atoms with van der Waals surface area (Å²) in [4.78, 5) is 30.5. The zero-order valence-electron chi connectivity index (χ0n) is 24.5. The van der Waals surface area contributed by atoms with Crippen LogP contribution in [0.1, 0.15) is 81.0 Å². The molecule has 6 nitrogen and oxygen atoms in total. The van der Waals surface area contributed by atoms with Gasteiger partial charge in [0.25, 0.3) is 0 Å². The van der Waals surface area contributed by atoms with Crippen LogP contribution >= 0.6 is 0 Å². The summed E-state index contributed by atoms with van der Waals surface area (Å²) < 4.78 is 62.9. The third kappa shape index (κ3) is 4.83. The highest BCUT2D eigenvalue weighted by molar-refractivity contribution is 6.01. The summed E-state index contributed by atoms with van der Waals surface area (Å²) in [6.45, 7) is 7.71. The highest BCUT2D eigenvalue weighted by atomic mass is 19.4. The topological polar surface area (TPSA) is 74.8 Å². The Morgan fingerprint density at radius 2 is 1.79 bits per heavy atom. The fraction of sp³-hybridized carbons (Fsp3) is 0.485. The molecule has 1 aromatic heterocycles. The first-order valence-electron chi connectivity index (χ1n) is 15.0. The highest BCUT2D eigenvalue weighted by Crippen LogP contribution is 2.61. The SMILES string of the molecule is CC.CC12CN(Cc3ccc(C4(C(F)(F)F)CC4)cc3)CCC1(c1ccc3ncc(C4CCC(=O)NC4=O)cc3c1F)O2. The molecule has 3 aromatic rings. The maximum Gasteiger partial charge on any atom is 0.398 e. The Morgan fingerprint density at radius 1 is 1.07 bits per heavy atom. The van der Waals surface area contributed by atoms with Crippen LogP contribution in [0.4, 0.5) is 17.6 Å². The summed E-state index contributed by atoms with van der Waals surface area (Å²) in [7, 11) is 0. The van der Waals surface area contributed by atoms with E-state index in [1.807, 2.05) is 20.8 Å². The smallest absolute Gasteiger partial charge is 0.356 e. The first-order valence-corrected chi connectivity index (χ1v) is 15.0. The molecule has 10 heteroatoms. The molecule has 1 aliphatic carbocycles. The molecular weight excluding hydrogens is 562 g/mol. The predicted octanol–water partition coefficient (Wildman–Crippen LogP) is 6.40. The Bertz CT molecular complexity index is 1590. The second-order valence-corrected chi connectivity index (χ2v) is 12.2. The molecule has 4 aliphatic rings. The van der Waals surface area contributed by atoms with Crippen molar-refractivity contribution in [1.82, 2.24) is 15.2 Å². The van der Waals surface area contributed by atoms with Gasteiger partial charge in [-0.1, -0.05) is 44.2 Å². The minimum Gasteiger partial charge on any atom is -0.356 e. The van der Waals surface area contributed by atoms with Gasteiger partial charge in [0.2, 0.25) is 11.8 Å². The summed E-state index contributed by atoms with van der Waals surface area (Å²) in [5.41, 5.74) is -0.351. The molecule has 7 rings (SSSR count). The average molecular weight is 598 g/mol. The van der Waals surface area contributed by atoms with Crippen molar-refractivity contribution >= 4 is 22.7 Å². The van der Waals surface area contributed by atoms with E-state index in [9.17, 15) is 22.8 Å². The number of rotatable bonds is 5. The van der Waals surface area contributed by atoms with Crippen LogP contribution in [0.2, 0.25) is 0 Å². The number of piperidine rings is 2. The molecular formula is C33H35F4N3O3. The lowest BCUT2D eigenvalue weighted by atomic mass is 9.80. The fourth-order valence-corrected chi connectivity index (χ4v) is 7.01. The first kappa shape index (κ1) is 29.7. The van der Waals surface area contributed by atoms with Crippen molar-refractivity contribution in [2.75, 3.05) is 13.1 Å². The number of halogens is 4. The molecule has 1 saturated carbocycles. The number of epoxide rings is 1. The molecule has 1 N–H and O–H groups in total. The predicted molar refractivity (Wildman–Crippen MR) is 153 cm³/mol. The summed E-state index contributed by atoms with van der Waals surface area (Å²) in [6, 6.07) is 11.9. The Balaban J connectivity index is 0.00000161. The minimum absolute atomic E-state index is 0.138. The number of hydrogen-bond donors (Lipinski definition) is 1. The summed E-state index contributed by atoms with van der Waals surface area (Å²) in [6.07, 6.45) is -1.26. The van der Waals surface area contributed by atoms with Gasteiger partial charge in [0.05, 0.1) is 16.8 Å². The van der Waals surface area contributed by atoms with Gasteiger partial charge in [-0.25, -0.2) is 4.39 Å². The number of imide groups is 1. The molecule has 43 heavy (non-hydrogen) atoms. The number of carbonyl (C=O) groups is 2. The van der Waals surface area contributed by atoms with Crippen LogP contribution in [0.3, 0.4) is 0 Å². The highest BCUT2D eigenvalue weighted by Gasteiger charge is 2.70. The lowest BCUT2D eigenvalue weighted by Crippen LogP contribution is -2.44. The average Bonchev–Trinajstić information content (AvgIpc) is 3.89. The van der Waals surface area contributed by atoms with Gasteiger partial charge in [0.15, 0.2) is 0 Å². The van der Waals surface area contributed by atoms with Crippen LogP contribution in [-0.4, -0.2) is 46.6 Å². The monoisotopic (exact) mass is 597 g/mol. The second kappa shape index (κ2) is 10.4. The molecule has 0 radical (unpaired) electrons. The molecule has 3 unspecified atom stereocenters. The Kier molecular flexibility index (Phi) is 7.16. The third-order valence-corrected chi connectivity index (χ3v) is 9.62. The van der Waals surface area contributed by atoms with Gasteiger partial charge in [-0.3, -0.25) is 24.8 Å². The number of ether oxygens (including phenoxy) is 1. The van der Waals surface area contributed by atoms with Crippen molar-refractivity contribution in [1.29, 1.82) is 0 Å². The number of aromatic nitrogens is 1. The van der Waals surface area contributed by atoms with E-state index >= 15 is 4.39 Å². The van der Waals surface area contributed by atoms with E-state index in [-0.39, 0.29) is 25.2 Å². The molecule has 2 aromatic carbocycles. The Morgan fingerprint density at radius 3 is 2.42 bits per heavy atom. The largest absolute Gasteiger partial charge is 0.398 e. The summed E-state index contributed by atoms with van der Waals surface area (Å²) >= 11 is 0. The quantitative estimate of drug-likeness (QED) is 0.209. The standard InChI is InChI=1S/C31H29F4N3O3.C2H6/c1-28-17-38(16-18-2-4-20(5-3-18)29(10-11-29)31(33,34)35)13-12-30(28,41-28)23-7-8-24-22(26(23)32)14-19(15-36-24)21-6-9-25(39)37-27(21)40;1-2/h2-5,7-8,14-15,21H,6,9-13,16-17H2,1H3,(H,37,39,40);1-2H3. The van der Waals surface area contributed by atoms with Gasteiger partial charge in [0.1, 0.15) is 17.0 Å². The molecule has 4 fully saturated rings. The van der Waals surface area contributed by atoms with Crippen molar-refractivity contribution in [3.63, 3.8) is 0 Å². The molecule has 2 amide bonds. The lowest BCUT2D eigenvalue weighted by Gasteiger charge is -2.33. The van der Waals surface area contributed by atoms with Gasteiger partial charge in [0, 0.05) is 43.2 Å². The van der Waals surface area contributed by atoms with Crippen LogP contribution in [0.25, 0.3) is 10.9 Å². The number of pyridine rings is 1. The maximum absolute atomic E-state index is 16.1. The molecule has 0 spiro atoms. The number of nitrogens with one attached hydrogen (secondary N) is 1. The zero-order chi connectivity index (χ0) is 30.8. The van der Waals surface area contributed by atoms with Crippen molar-refractivity contribution in [3.8, 4) is 0 Å². The van der Waals surface area contributed by atoms with Crippen molar-refractivity contribution < 1.29 is 31.9 Å². The van der Waals surface area contributed by atoms with Gasteiger partial charge in [-0.15, -0.1) is 0 Å². The number of amides is 2. The second-order valence-electron chi connectivity index (χ2n) is 12.2. The number of carbonyl (C=O) groups excluding carboxylic acids is 2. The number of fused-ring (bicyclic) bond motifs is 2. The van der Waals surface area contributed by atoms with E-state index in [0.29, 0.717) is 60.1 Å². The Labute approximate surface area is 247 Å². The van der Waals surface area contributed by atoms with Crippen molar-refractivity contribution in [2.45, 2.75) is 88.1 Å². The zero-order valence-corrected chi connectivity index (χ0v) is 24.5. The van der Waals surface area contributed by atoms with Gasteiger partial charge in [-0.2, -0.15) is 13.2 Å². The Hall–Kier alpha value is -3.37. The lowest BCUT2D eigenvalue weighted by molar-refractivity contribution is -0.160. The van der Waals surface area contributed by atoms with Gasteiger partial charge >= 0.3 is 6.18 Å². The number of hydrogen-bond acceptors (Lipinski definition) is 5. The molecule has 0 bridgehead atoms. The minimum atomic E-state index is -4.23. The number of alkyl halides is 3. The molecule has 228 valence electrons. The van der Waals surface area contributed by atoms with Crippen LogP contribution in [0, 0.1) is 5.82 Å². The van der Waals surface area contributed by atoms with Crippen molar-refractivity contribution in [2.24, 2.45) is 0 Å². The molecule has 4 heterocycles. The molecule has 3 saturated heterocycles. The van der Waals surface area contributed by atoms with Crippen LogP contribution in [-0.2, 0) is 31.9 Å². The van der Waals surface area contributed by atoms with E-state index in [4.69, 9.17) is 4.74 Å². The number of nitrogens with zero attached hydrogens (tertiary/aromatic N) is 2.